The number of hydrogen-bond donors (Lipinski definition) is 1. The Bertz CT molecular complexity index is 293. The summed E-state index contributed by atoms with van der Waals surface area (Å²) in [4.78, 5) is 0. The van der Waals surface area contributed by atoms with Crippen LogP contribution in [0.25, 0.3) is 0 Å². The summed E-state index contributed by atoms with van der Waals surface area (Å²) in [6.45, 7) is 0.687. The number of ether oxygens (including phenoxy) is 1. The van der Waals surface area contributed by atoms with Crippen molar-refractivity contribution in [2.24, 2.45) is 5.73 Å². The summed E-state index contributed by atoms with van der Waals surface area (Å²) in [5.74, 6) is 0. The Morgan fingerprint density at radius 1 is 1.19 bits per heavy atom. The predicted octanol–water partition coefficient (Wildman–Crippen LogP) is 3.04. The first kappa shape index (κ1) is 11.6. The molecule has 16 heavy (non-hydrogen) atoms. The quantitative estimate of drug-likeness (QED) is 0.826. The van der Waals surface area contributed by atoms with E-state index in [9.17, 15) is 0 Å². The summed E-state index contributed by atoms with van der Waals surface area (Å²) in [5, 5.41) is 0. The van der Waals surface area contributed by atoms with Crippen LogP contribution in [0.5, 0.6) is 0 Å². The molecule has 0 amide bonds. The van der Waals surface area contributed by atoms with Gasteiger partial charge in [0.2, 0.25) is 0 Å². The molecular formula is C14H21NO. The highest BCUT2D eigenvalue weighted by Gasteiger charge is 2.20. The Kier molecular flexibility index (Phi) is 4.37. The molecule has 1 aliphatic rings. The fourth-order valence-corrected chi connectivity index (χ4v) is 2.39. The Morgan fingerprint density at radius 2 is 1.88 bits per heavy atom. The summed E-state index contributed by atoms with van der Waals surface area (Å²) in [7, 11) is 0. The van der Waals surface area contributed by atoms with Crippen molar-refractivity contribution < 1.29 is 4.74 Å². The fraction of sp³-hybridized carbons (Fsp3) is 0.571. The van der Waals surface area contributed by atoms with Crippen molar-refractivity contribution in [1.82, 2.24) is 0 Å². The van der Waals surface area contributed by atoms with E-state index in [1.165, 1.54) is 31.2 Å². The molecular weight excluding hydrogens is 198 g/mol. The molecule has 0 spiro atoms. The van der Waals surface area contributed by atoms with Crippen LogP contribution in [0.2, 0.25) is 0 Å². The van der Waals surface area contributed by atoms with Crippen LogP contribution >= 0.6 is 0 Å². The maximum atomic E-state index is 6.16. The predicted molar refractivity (Wildman–Crippen MR) is 66.2 cm³/mol. The van der Waals surface area contributed by atoms with E-state index in [1.54, 1.807) is 0 Å². The van der Waals surface area contributed by atoms with Crippen LogP contribution in [0.3, 0.4) is 0 Å². The van der Waals surface area contributed by atoms with Crippen LogP contribution < -0.4 is 5.73 Å². The van der Waals surface area contributed by atoms with E-state index < -0.39 is 0 Å². The number of nitrogens with two attached hydrogens (primary N) is 1. The van der Waals surface area contributed by atoms with Crippen LogP contribution in [-0.4, -0.2) is 12.6 Å². The molecule has 0 aliphatic heterocycles. The zero-order valence-corrected chi connectivity index (χ0v) is 9.77. The Hall–Kier alpha value is -0.860. The topological polar surface area (TPSA) is 35.2 Å². The first-order valence-electron chi connectivity index (χ1n) is 6.30. The van der Waals surface area contributed by atoms with Crippen molar-refractivity contribution in [3.8, 4) is 0 Å². The largest absolute Gasteiger partial charge is 0.370 e. The molecule has 1 aromatic carbocycles. The molecule has 0 saturated heterocycles. The van der Waals surface area contributed by atoms with E-state index in [0.717, 1.165) is 6.42 Å². The Labute approximate surface area is 97.8 Å². The molecule has 0 aromatic heterocycles. The number of rotatable bonds is 5. The highest BCUT2D eigenvalue weighted by molar-refractivity contribution is 5.17. The second kappa shape index (κ2) is 6.02. The van der Waals surface area contributed by atoms with Crippen LogP contribution in [0.1, 0.15) is 43.8 Å². The molecule has 1 atom stereocenters. The van der Waals surface area contributed by atoms with Gasteiger partial charge < -0.3 is 10.5 Å². The van der Waals surface area contributed by atoms with Gasteiger partial charge in [-0.2, -0.15) is 0 Å². The lowest BCUT2D eigenvalue weighted by Gasteiger charge is -2.22. The van der Waals surface area contributed by atoms with Gasteiger partial charge in [-0.15, -0.1) is 0 Å². The maximum Gasteiger partial charge on any atom is 0.0840 e. The fourth-order valence-electron chi connectivity index (χ4n) is 2.39. The lowest BCUT2D eigenvalue weighted by Crippen LogP contribution is -2.16. The summed E-state index contributed by atoms with van der Waals surface area (Å²) >= 11 is 0. The highest BCUT2D eigenvalue weighted by atomic mass is 16.5. The SMILES string of the molecule is NCCC(OC1CCCC1)c1ccccc1. The van der Waals surface area contributed by atoms with Gasteiger partial charge in [0.15, 0.2) is 0 Å². The normalized spacial score (nSPS) is 18.8. The zero-order valence-electron chi connectivity index (χ0n) is 9.77. The molecule has 88 valence electrons. The van der Waals surface area contributed by atoms with E-state index >= 15 is 0 Å². The highest BCUT2D eigenvalue weighted by Crippen LogP contribution is 2.29. The van der Waals surface area contributed by atoms with Crippen LogP contribution in [0.15, 0.2) is 30.3 Å². The van der Waals surface area contributed by atoms with Crippen molar-refractivity contribution >= 4 is 0 Å². The van der Waals surface area contributed by atoms with Crippen molar-refractivity contribution in [3.63, 3.8) is 0 Å². The Balaban J connectivity index is 1.99. The molecule has 2 heteroatoms. The third kappa shape index (κ3) is 3.06. The number of benzene rings is 1. The smallest absolute Gasteiger partial charge is 0.0840 e. The second-order valence-corrected chi connectivity index (χ2v) is 4.52. The van der Waals surface area contributed by atoms with Gasteiger partial charge in [0.25, 0.3) is 0 Å². The molecule has 0 heterocycles. The molecule has 0 radical (unpaired) electrons. The third-order valence-corrected chi connectivity index (χ3v) is 3.26. The molecule has 2 nitrogen and oxygen atoms in total. The Morgan fingerprint density at radius 3 is 2.50 bits per heavy atom. The average Bonchev–Trinajstić information content (AvgIpc) is 2.83. The van der Waals surface area contributed by atoms with Gasteiger partial charge in [-0.25, -0.2) is 0 Å². The molecule has 1 saturated carbocycles. The van der Waals surface area contributed by atoms with Gasteiger partial charge in [-0.05, 0) is 31.4 Å². The lowest BCUT2D eigenvalue weighted by atomic mass is 10.1. The maximum absolute atomic E-state index is 6.16. The summed E-state index contributed by atoms with van der Waals surface area (Å²) in [6, 6.07) is 10.4. The van der Waals surface area contributed by atoms with Crippen LogP contribution in [-0.2, 0) is 4.74 Å². The molecule has 1 fully saturated rings. The molecule has 2 rings (SSSR count). The van der Waals surface area contributed by atoms with E-state index in [0.29, 0.717) is 12.6 Å². The van der Waals surface area contributed by atoms with Crippen LogP contribution in [0, 0.1) is 0 Å². The summed E-state index contributed by atoms with van der Waals surface area (Å²) in [6.07, 6.45) is 6.62. The van der Waals surface area contributed by atoms with Gasteiger partial charge >= 0.3 is 0 Å². The van der Waals surface area contributed by atoms with E-state index in [2.05, 4.69) is 24.3 Å². The van der Waals surface area contributed by atoms with E-state index in [1.807, 2.05) is 6.07 Å². The number of hydrogen-bond acceptors (Lipinski definition) is 2. The molecule has 1 unspecified atom stereocenters. The minimum absolute atomic E-state index is 0.189. The van der Waals surface area contributed by atoms with Crippen molar-refractivity contribution in [2.45, 2.75) is 44.3 Å². The molecule has 1 aromatic rings. The van der Waals surface area contributed by atoms with Gasteiger partial charge in [0, 0.05) is 0 Å². The van der Waals surface area contributed by atoms with Gasteiger partial charge in [0.05, 0.1) is 12.2 Å². The standard InChI is InChI=1S/C14H21NO/c15-11-10-14(12-6-2-1-3-7-12)16-13-8-4-5-9-13/h1-3,6-7,13-14H,4-5,8-11,15H2. The minimum atomic E-state index is 0.189. The third-order valence-electron chi connectivity index (χ3n) is 3.26. The molecule has 2 N–H and O–H groups in total. The van der Waals surface area contributed by atoms with E-state index in [4.69, 9.17) is 10.5 Å². The lowest BCUT2D eigenvalue weighted by molar-refractivity contribution is -0.0125. The first-order valence-corrected chi connectivity index (χ1v) is 6.30. The van der Waals surface area contributed by atoms with Crippen molar-refractivity contribution in [3.05, 3.63) is 35.9 Å². The van der Waals surface area contributed by atoms with E-state index in [-0.39, 0.29) is 6.10 Å². The van der Waals surface area contributed by atoms with Crippen molar-refractivity contribution in [2.75, 3.05) is 6.54 Å². The van der Waals surface area contributed by atoms with Gasteiger partial charge in [-0.3, -0.25) is 0 Å². The van der Waals surface area contributed by atoms with Crippen LogP contribution in [0.4, 0.5) is 0 Å². The second-order valence-electron chi connectivity index (χ2n) is 4.52. The monoisotopic (exact) mass is 219 g/mol. The zero-order chi connectivity index (χ0) is 11.2. The molecule has 1 aliphatic carbocycles. The van der Waals surface area contributed by atoms with Crippen molar-refractivity contribution in [1.29, 1.82) is 0 Å². The molecule has 0 bridgehead atoms. The average molecular weight is 219 g/mol. The van der Waals surface area contributed by atoms with Gasteiger partial charge in [0.1, 0.15) is 0 Å². The first-order chi connectivity index (χ1) is 7.90. The summed E-state index contributed by atoms with van der Waals surface area (Å²) < 4.78 is 6.16. The summed E-state index contributed by atoms with van der Waals surface area (Å²) in [5.41, 5.74) is 6.92. The van der Waals surface area contributed by atoms with Gasteiger partial charge in [-0.1, -0.05) is 43.2 Å². The minimum Gasteiger partial charge on any atom is -0.370 e.